The molecule has 188 valence electrons. The molecule has 1 saturated carbocycles. The van der Waals surface area contributed by atoms with Crippen LogP contribution in [0.5, 0.6) is 5.75 Å². The normalized spacial score (nSPS) is 19.2. The van der Waals surface area contributed by atoms with Crippen molar-refractivity contribution in [2.24, 2.45) is 5.92 Å². The van der Waals surface area contributed by atoms with Crippen LogP contribution in [0.25, 0.3) is 0 Å². The van der Waals surface area contributed by atoms with E-state index >= 15 is 0 Å². The van der Waals surface area contributed by atoms with Crippen molar-refractivity contribution in [1.29, 1.82) is 0 Å². The predicted molar refractivity (Wildman–Crippen MR) is 139 cm³/mol. The van der Waals surface area contributed by atoms with Crippen molar-refractivity contribution in [3.8, 4) is 5.75 Å². The van der Waals surface area contributed by atoms with Gasteiger partial charge in [0.2, 0.25) is 0 Å². The molecule has 1 aromatic carbocycles. The van der Waals surface area contributed by atoms with Crippen molar-refractivity contribution < 1.29 is 14.3 Å². The monoisotopic (exact) mass is 458 g/mol. The lowest BCUT2D eigenvalue weighted by Crippen LogP contribution is -2.15. The second-order valence-electron chi connectivity index (χ2n) is 10.2. The summed E-state index contributed by atoms with van der Waals surface area (Å²) in [6.07, 6.45) is 19.2. The maximum atomic E-state index is 11.9. The molecule has 0 bridgehead atoms. The summed E-state index contributed by atoms with van der Waals surface area (Å²) in [4.78, 5) is 11.9. The molecule has 1 atom stereocenters. The number of hydrogen-bond donors (Lipinski definition) is 0. The first-order valence-electron chi connectivity index (χ1n) is 14.0. The fraction of sp³-hybridized carbons (Fsp3) is 0.767. The summed E-state index contributed by atoms with van der Waals surface area (Å²) in [5, 5.41) is 0. The number of esters is 1. The second kappa shape index (κ2) is 17.0. The van der Waals surface area contributed by atoms with Gasteiger partial charge in [0.05, 0.1) is 12.7 Å². The first kappa shape index (κ1) is 27.7. The quantitative estimate of drug-likeness (QED) is 0.172. The molecule has 0 N–H and O–H groups in total. The molecule has 0 saturated heterocycles. The third-order valence-corrected chi connectivity index (χ3v) is 7.25. The van der Waals surface area contributed by atoms with Crippen LogP contribution in [0.1, 0.15) is 135 Å². The minimum Gasteiger partial charge on any atom is -0.494 e. The van der Waals surface area contributed by atoms with Crippen LogP contribution < -0.4 is 4.74 Å². The van der Waals surface area contributed by atoms with Crippen LogP contribution in [0.2, 0.25) is 0 Å². The standard InChI is InChI=1S/C30H50O3/c1-4-6-8-10-14-26-16-18-27(19-17-26)28-20-22-29(23-21-28)32-24-12-13-25(3)33-30(31)15-11-9-7-5-2/h20-23,25-27H,4-19,24H2,1-3H3/t25?,26-,27-. The molecule has 0 aromatic heterocycles. The molecule has 0 radical (unpaired) electrons. The molecule has 0 amide bonds. The van der Waals surface area contributed by atoms with Gasteiger partial charge in [0.15, 0.2) is 0 Å². The van der Waals surface area contributed by atoms with Gasteiger partial charge in [-0.05, 0) is 81.4 Å². The highest BCUT2D eigenvalue weighted by molar-refractivity contribution is 5.69. The fourth-order valence-electron chi connectivity index (χ4n) is 5.08. The molecule has 0 heterocycles. The Bertz CT molecular complexity index is 616. The third-order valence-electron chi connectivity index (χ3n) is 7.25. The lowest BCUT2D eigenvalue weighted by molar-refractivity contribution is -0.148. The van der Waals surface area contributed by atoms with Gasteiger partial charge in [0, 0.05) is 6.42 Å². The van der Waals surface area contributed by atoms with Crippen LogP contribution in [-0.2, 0) is 9.53 Å². The van der Waals surface area contributed by atoms with Gasteiger partial charge in [-0.3, -0.25) is 4.79 Å². The van der Waals surface area contributed by atoms with Gasteiger partial charge in [-0.1, -0.05) is 77.3 Å². The van der Waals surface area contributed by atoms with Crippen molar-refractivity contribution in [2.45, 2.75) is 136 Å². The molecule has 1 aromatic rings. The molecular formula is C30H50O3. The first-order chi connectivity index (χ1) is 16.1. The Hall–Kier alpha value is -1.51. The SMILES string of the molecule is CCCCCCC(=O)OC(C)CCCOc1ccc([C@H]2CC[C@H](CCCCCC)CC2)cc1. The highest BCUT2D eigenvalue weighted by Crippen LogP contribution is 2.38. The average molecular weight is 459 g/mol. The van der Waals surface area contributed by atoms with E-state index in [2.05, 4.69) is 38.1 Å². The summed E-state index contributed by atoms with van der Waals surface area (Å²) in [6.45, 7) is 7.12. The molecule has 3 nitrogen and oxygen atoms in total. The minimum atomic E-state index is -0.0550. The summed E-state index contributed by atoms with van der Waals surface area (Å²) in [6, 6.07) is 8.80. The van der Waals surface area contributed by atoms with Crippen molar-refractivity contribution in [3.05, 3.63) is 29.8 Å². The Morgan fingerprint density at radius 2 is 1.55 bits per heavy atom. The first-order valence-corrected chi connectivity index (χ1v) is 14.0. The van der Waals surface area contributed by atoms with E-state index in [0.29, 0.717) is 13.0 Å². The van der Waals surface area contributed by atoms with Crippen LogP contribution in [0, 0.1) is 5.92 Å². The fourth-order valence-corrected chi connectivity index (χ4v) is 5.08. The molecule has 1 aliphatic carbocycles. The van der Waals surface area contributed by atoms with E-state index < -0.39 is 0 Å². The molecule has 1 fully saturated rings. The third kappa shape index (κ3) is 12.0. The maximum Gasteiger partial charge on any atom is 0.306 e. The van der Waals surface area contributed by atoms with Crippen molar-refractivity contribution in [1.82, 2.24) is 0 Å². The molecule has 2 rings (SSSR count). The number of unbranched alkanes of at least 4 members (excludes halogenated alkanes) is 6. The smallest absolute Gasteiger partial charge is 0.306 e. The maximum absolute atomic E-state index is 11.9. The summed E-state index contributed by atoms with van der Waals surface area (Å²) >= 11 is 0. The van der Waals surface area contributed by atoms with E-state index in [-0.39, 0.29) is 12.1 Å². The topological polar surface area (TPSA) is 35.5 Å². The molecule has 1 unspecified atom stereocenters. The Morgan fingerprint density at radius 1 is 0.879 bits per heavy atom. The van der Waals surface area contributed by atoms with E-state index in [1.54, 1.807) is 0 Å². The number of carbonyl (C=O) groups is 1. The van der Waals surface area contributed by atoms with Crippen LogP contribution in [-0.4, -0.2) is 18.7 Å². The Balaban J connectivity index is 1.57. The number of benzene rings is 1. The highest BCUT2D eigenvalue weighted by atomic mass is 16.5. The van der Waals surface area contributed by atoms with E-state index in [1.165, 1.54) is 76.2 Å². The lowest BCUT2D eigenvalue weighted by atomic mass is 9.77. The van der Waals surface area contributed by atoms with Gasteiger partial charge >= 0.3 is 5.97 Å². The lowest BCUT2D eigenvalue weighted by Gasteiger charge is -2.29. The molecule has 3 heteroatoms. The molecule has 1 aliphatic rings. The summed E-state index contributed by atoms with van der Waals surface area (Å²) in [7, 11) is 0. The summed E-state index contributed by atoms with van der Waals surface area (Å²) in [5.41, 5.74) is 1.48. The minimum absolute atomic E-state index is 0.0311. The van der Waals surface area contributed by atoms with Crippen LogP contribution in [0.15, 0.2) is 24.3 Å². The van der Waals surface area contributed by atoms with Gasteiger partial charge in [0.1, 0.15) is 5.75 Å². The number of hydrogen-bond acceptors (Lipinski definition) is 3. The van der Waals surface area contributed by atoms with Crippen LogP contribution in [0.3, 0.4) is 0 Å². The Kier molecular flexibility index (Phi) is 14.3. The summed E-state index contributed by atoms with van der Waals surface area (Å²) < 4.78 is 11.4. The van der Waals surface area contributed by atoms with Gasteiger partial charge in [-0.2, -0.15) is 0 Å². The van der Waals surface area contributed by atoms with Crippen LogP contribution in [0.4, 0.5) is 0 Å². The van der Waals surface area contributed by atoms with Crippen molar-refractivity contribution in [2.75, 3.05) is 6.61 Å². The van der Waals surface area contributed by atoms with E-state index in [0.717, 1.165) is 43.3 Å². The van der Waals surface area contributed by atoms with Gasteiger partial charge in [0.25, 0.3) is 0 Å². The van der Waals surface area contributed by atoms with Crippen molar-refractivity contribution >= 4 is 5.97 Å². The van der Waals surface area contributed by atoms with Gasteiger partial charge in [-0.25, -0.2) is 0 Å². The van der Waals surface area contributed by atoms with E-state index in [1.807, 2.05) is 6.92 Å². The summed E-state index contributed by atoms with van der Waals surface area (Å²) in [5.74, 6) is 2.58. The number of ether oxygens (including phenoxy) is 2. The molecule has 33 heavy (non-hydrogen) atoms. The second-order valence-corrected chi connectivity index (χ2v) is 10.2. The van der Waals surface area contributed by atoms with Crippen molar-refractivity contribution in [3.63, 3.8) is 0 Å². The molecule has 0 aliphatic heterocycles. The average Bonchev–Trinajstić information content (AvgIpc) is 2.83. The highest BCUT2D eigenvalue weighted by Gasteiger charge is 2.22. The zero-order valence-electron chi connectivity index (χ0n) is 21.8. The molecule has 0 spiro atoms. The number of carbonyl (C=O) groups excluding carboxylic acids is 1. The predicted octanol–water partition coefficient (Wildman–Crippen LogP) is 8.99. The van der Waals surface area contributed by atoms with Gasteiger partial charge in [-0.15, -0.1) is 0 Å². The Morgan fingerprint density at radius 3 is 2.21 bits per heavy atom. The largest absolute Gasteiger partial charge is 0.494 e. The number of rotatable bonds is 17. The zero-order valence-corrected chi connectivity index (χ0v) is 21.8. The van der Waals surface area contributed by atoms with E-state index in [9.17, 15) is 4.79 Å². The zero-order chi connectivity index (χ0) is 23.7. The van der Waals surface area contributed by atoms with Crippen LogP contribution >= 0.6 is 0 Å². The Labute approximate surface area is 204 Å². The molecular weight excluding hydrogens is 408 g/mol. The van der Waals surface area contributed by atoms with E-state index in [4.69, 9.17) is 9.47 Å². The van der Waals surface area contributed by atoms with Gasteiger partial charge < -0.3 is 9.47 Å².